The average molecular weight is 409 g/mol. The minimum atomic E-state index is -0.271. The number of nitrogens with zero attached hydrogens (tertiary/aromatic N) is 3. The molecule has 1 N–H and O–H groups in total. The Labute approximate surface area is 168 Å². The Hall–Kier alpha value is -1.89. The van der Waals surface area contributed by atoms with Crippen LogP contribution in [0.2, 0.25) is 10.0 Å². The summed E-state index contributed by atoms with van der Waals surface area (Å²) in [5.74, 6) is -0.182. The van der Waals surface area contributed by atoms with Gasteiger partial charge in [-0.1, -0.05) is 29.3 Å². The predicted octanol–water partition coefficient (Wildman–Crippen LogP) is 2.64. The van der Waals surface area contributed by atoms with Crippen LogP contribution in [-0.2, 0) is 17.9 Å². The highest BCUT2D eigenvalue weighted by Crippen LogP contribution is 2.24. The summed E-state index contributed by atoms with van der Waals surface area (Å²) in [6.45, 7) is 4.31. The predicted molar refractivity (Wildman–Crippen MR) is 106 cm³/mol. The van der Waals surface area contributed by atoms with Crippen molar-refractivity contribution in [1.82, 2.24) is 20.0 Å². The van der Waals surface area contributed by atoms with E-state index < -0.39 is 0 Å². The van der Waals surface area contributed by atoms with Crippen molar-refractivity contribution in [2.75, 3.05) is 13.1 Å². The fourth-order valence-corrected chi connectivity index (χ4v) is 3.53. The topological polar surface area (TPSA) is 67.2 Å². The van der Waals surface area contributed by atoms with Crippen LogP contribution in [0, 0.1) is 6.92 Å². The molecule has 1 fully saturated rings. The van der Waals surface area contributed by atoms with Gasteiger partial charge in [-0.25, -0.2) is 4.68 Å². The fourth-order valence-electron chi connectivity index (χ4n) is 3.21. The Kier molecular flexibility index (Phi) is 6.52. The lowest BCUT2D eigenvalue weighted by atomic mass is 10.0. The Balaban J connectivity index is 1.47. The molecule has 0 bridgehead atoms. The number of hydrogen-bond acceptors (Lipinski definition) is 4. The summed E-state index contributed by atoms with van der Waals surface area (Å²) in [4.78, 5) is 26.3. The van der Waals surface area contributed by atoms with E-state index in [0.717, 1.165) is 38.0 Å². The molecule has 144 valence electrons. The molecule has 1 amide bonds. The summed E-state index contributed by atoms with van der Waals surface area (Å²) in [5, 5.41) is 8.23. The van der Waals surface area contributed by atoms with Crippen LogP contribution in [0.4, 0.5) is 0 Å². The highest BCUT2D eigenvalue weighted by molar-refractivity contribution is 6.42. The van der Waals surface area contributed by atoms with Crippen molar-refractivity contribution in [1.29, 1.82) is 0 Å². The van der Waals surface area contributed by atoms with Gasteiger partial charge in [-0.2, -0.15) is 5.10 Å². The maximum absolute atomic E-state index is 12.2. The quantitative estimate of drug-likeness (QED) is 0.825. The molecular formula is C19H22Cl2N4O2. The van der Waals surface area contributed by atoms with Crippen LogP contribution in [0.1, 0.15) is 24.1 Å². The summed E-state index contributed by atoms with van der Waals surface area (Å²) < 4.78 is 1.20. The standard InChI is InChI=1S/C19H22Cl2N4O2/c1-13-2-5-19(27)25(23-13)12-18(26)22-15-6-8-24(9-7-15)11-14-3-4-16(20)17(21)10-14/h2-5,10,15H,6-9,11-12H2,1H3,(H,22,26). The molecule has 27 heavy (non-hydrogen) atoms. The Morgan fingerprint density at radius 1 is 1.19 bits per heavy atom. The third-order valence-electron chi connectivity index (χ3n) is 4.64. The van der Waals surface area contributed by atoms with E-state index in [0.29, 0.717) is 15.7 Å². The highest BCUT2D eigenvalue weighted by Gasteiger charge is 2.21. The zero-order valence-electron chi connectivity index (χ0n) is 15.1. The van der Waals surface area contributed by atoms with Gasteiger partial charge < -0.3 is 5.32 Å². The first kappa shape index (κ1) is 19.9. The fraction of sp³-hybridized carbons (Fsp3) is 0.421. The Bertz CT molecular complexity index is 876. The molecule has 1 aromatic carbocycles. The molecule has 1 saturated heterocycles. The van der Waals surface area contributed by atoms with Crippen molar-refractivity contribution in [3.63, 3.8) is 0 Å². The zero-order valence-corrected chi connectivity index (χ0v) is 16.6. The summed E-state index contributed by atoms with van der Waals surface area (Å²) in [6.07, 6.45) is 1.73. The molecule has 8 heteroatoms. The second kappa shape index (κ2) is 8.87. The number of nitrogens with one attached hydrogen (secondary N) is 1. The molecule has 6 nitrogen and oxygen atoms in total. The average Bonchev–Trinajstić information content (AvgIpc) is 2.63. The van der Waals surface area contributed by atoms with Crippen LogP contribution in [0.5, 0.6) is 0 Å². The minimum Gasteiger partial charge on any atom is -0.352 e. The van der Waals surface area contributed by atoms with Crippen LogP contribution >= 0.6 is 23.2 Å². The van der Waals surface area contributed by atoms with Crippen molar-refractivity contribution < 1.29 is 4.79 Å². The van der Waals surface area contributed by atoms with Crippen LogP contribution in [-0.4, -0.2) is 39.7 Å². The lowest BCUT2D eigenvalue weighted by Crippen LogP contribution is -2.46. The van der Waals surface area contributed by atoms with Crippen molar-refractivity contribution in [2.24, 2.45) is 0 Å². The smallest absolute Gasteiger partial charge is 0.267 e. The first-order valence-electron chi connectivity index (χ1n) is 8.91. The van der Waals surface area contributed by atoms with E-state index in [1.165, 1.54) is 10.7 Å². The van der Waals surface area contributed by atoms with Gasteiger partial charge in [-0.05, 0) is 43.5 Å². The SMILES string of the molecule is Cc1ccc(=O)n(CC(=O)NC2CCN(Cc3ccc(Cl)c(Cl)c3)CC2)n1. The second-order valence-corrected chi connectivity index (χ2v) is 7.65. The van der Waals surface area contributed by atoms with E-state index in [1.54, 1.807) is 13.0 Å². The van der Waals surface area contributed by atoms with E-state index in [4.69, 9.17) is 23.2 Å². The molecule has 0 spiro atoms. The van der Waals surface area contributed by atoms with Gasteiger partial charge in [0, 0.05) is 31.7 Å². The molecule has 2 heterocycles. The maximum atomic E-state index is 12.2. The third kappa shape index (κ3) is 5.54. The van der Waals surface area contributed by atoms with Crippen molar-refractivity contribution in [2.45, 2.75) is 38.9 Å². The molecule has 2 aromatic rings. The van der Waals surface area contributed by atoms with Crippen LogP contribution < -0.4 is 10.9 Å². The highest BCUT2D eigenvalue weighted by atomic mass is 35.5. The number of amides is 1. The van der Waals surface area contributed by atoms with E-state index in [2.05, 4.69) is 15.3 Å². The van der Waals surface area contributed by atoms with Gasteiger partial charge in [0.15, 0.2) is 0 Å². The molecular weight excluding hydrogens is 387 g/mol. The van der Waals surface area contributed by atoms with Crippen molar-refractivity contribution in [3.8, 4) is 0 Å². The van der Waals surface area contributed by atoms with Gasteiger partial charge in [-0.15, -0.1) is 0 Å². The third-order valence-corrected chi connectivity index (χ3v) is 5.38. The van der Waals surface area contributed by atoms with E-state index in [-0.39, 0.29) is 24.1 Å². The molecule has 0 unspecified atom stereocenters. The molecule has 0 radical (unpaired) electrons. The second-order valence-electron chi connectivity index (χ2n) is 6.84. The molecule has 0 aliphatic carbocycles. The number of carbonyl (C=O) groups excluding carboxylic acids is 1. The van der Waals surface area contributed by atoms with Crippen molar-refractivity contribution >= 4 is 29.1 Å². The Morgan fingerprint density at radius 3 is 2.63 bits per heavy atom. The zero-order chi connectivity index (χ0) is 19.4. The summed E-state index contributed by atoms with van der Waals surface area (Å²) in [7, 11) is 0. The lowest BCUT2D eigenvalue weighted by molar-refractivity contribution is -0.123. The number of hydrogen-bond donors (Lipinski definition) is 1. The molecule has 1 aliphatic rings. The van der Waals surface area contributed by atoms with Crippen molar-refractivity contribution in [3.05, 3.63) is 62.0 Å². The molecule has 1 aromatic heterocycles. The number of aromatic nitrogens is 2. The van der Waals surface area contributed by atoms with Gasteiger partial charge in [0.1, 0.15) is 6.54 Å². The van der Waals surface area contributed by atoms with Crippen LogP contribution in [0.25, 0.3) is 0 Å². The number of carbonyl (C=O) groups is 1. The largest absolute Gasteiger partial charge is 0.352 e. The molecule has 0 saturated carbocycles. The normalized spacial score (nSPS) is 15.7. The molecule has 3 rings (SSSR count). The van der Waals surface area contributed by atoms with Crippen LogP contribution in [0.15, 0.2) is 35.1 Å². The van der Waals surface area contributed by atoms with Gasteiger partial charge in [0.05, 0.1) is 15.7 Å². The number of benzene rings is 1. The van der Waals surface area contributed by atoms with E-state index in [9.17, 15) is 9.59 Å². The van der Waals surface area contributed by atoms with Gasteiger partial charge >= 0.3 is 0 Å². The summed E-state index contributed by atoms with van der Waals surface area (Å²) in [6, 6.07) is 8.87. The number of rotatable bonds is 5. The molecule has 1 aliphatic heterocycles. The monoisotopic (exact) mass is 408 g/mol. The van der Waals surface area contributed by atoms with E-state index >= 15 is 0 Å². The number of halogens is 2. The summed E-state index contributed by atoms with van der Waals surface area (Å²) >= 11 is 12.0. The minimum absolute atomic E-state index is 0.0516. The summed E-state index contributed by atoms with van der Waals surface area (Å²) in [5.41, 5.74) is 1.56. The first-order valence-corrected chi connectivity index (χ1v) is 9.67. The first-order chi connectivity index (χ1) is 12.9. The number of piperidine rings is 1. The Morgan fingerprint density at radius 2 is 1.93 bits per heavy atom. The molecule has 0 atom stereocenters. The number of aryl methyl sites for hydroxylation is 1. The van der Waals surface area contributed by atoms with E-state index in [1.807, 2.05) is 18.2 Å². The van der Waals surface area contributed by atoms with Gasteiger partial charge in [0.2, 0.25) is 5.91 Å². The maximum Gasteiger partial charge on any atom is 0.267 e. The van der Waals surface area contributed by atoms with Gasteiger partial charge in [-0.3, -0.25) is 14.5 Å². The number of likely N-dealkylation sites (tertiary alicyclic amines) is 1. The lowest BCUT2D eigenvalue weighted by Gasteiger charge is -2.32. The van der Waals surface area contributed by atoms with Crippen LogP contribution in [0.3, 0.4) is 0 Å². The van der Waals surface area contributed by atoms with Gasteiger partial charge in [0.25, 0.3) is 5.56 Å².